The molecular weight excluding hydrogens is 512 g/mol. The van der Waals surface area contributed by atoms with E-state index < -0.39 is 0 Å². The van der Waals surface area contributed by atoms with Crippen LogP contribution in [0.25, 0.3) is 44.3 Å². The van der Waals surface area contributed by atoms with E-state index in [0.717, 1.165) is 86.1 Å². The molecule has 41 heavy (non-hydrogen) atoms. The van der Waals surface area contributed by atoms with Crippen molar-refractivity contribution in [3.05, 3.63) is 53.6 Å². The molecule has 1 saturated carbocycles. The van der Waals surface area contributed by atoms with Gasteiger partial charge in [-0.25, -0.2) is 4.98 Å². The number of hydrogen-bond donors (Lipinski definition) is 1. The van der Waals surface area contributed by atoms with E-state index in [1.165, 1.54) is 33.3 Å². The van der Waals surface area contributed by atoms with E-state index in [0.29, 0.717) is 13.0 Å². The summed E-state index contributed by atoms with van der Waals surface area (Å²) in [6, 6.07) is 9.10. The number of fused-ring (bicyclic) bond motifs is 6. The van der Waals surface area contributed by atoms with Crippen molar-refractivity contribution in [3.8, 4) is 28.5 Å². The number of aromatic amines is 1. The van der Waals surface area contributed by atoms with Crippen LogP contribution in [0.3, 0.4) is 0 Å². The van der Waals surface area contributed by atoms with Gasteiger partial charge in [0.05, 0.1) is 36.3 Å². The van der Waals surface area contributed by atoms with Gasteiger partial charge >= 0.3 is 0 Å². The Bertz CT molecular complexity index is 1920. The van der Waals surface area contributed by atoms with Crippen molar-refractivity contribution in [1.82, 2.24) is 34.4 Å². The van der Waals surface area contributed by atoms with Crippen molar-refractivity contribution >= 4 is 21.9 Å². The van der Waals surface area contributed by atoms with Crippen molar-refractivity contribution in [3.63, 3.8) is 0 Å². The molecule has 3 aliphatic heterocycles. The Morgan fingerprint density at radius 3 is 2.93 bits per heavy atom. The lowest BCUT2D eigenvalue weighted by Gasteiger charge is -2.27. The number of nitrogens with one attached hydrogen (secondary N) is 1. The SMILES string of the molecule is Cn1ncc2cc(-c3c(-c4cnn5c4CCC5)[nH]c4ncc5c(c34)[C@]3(CCN(CC4(CC#N)CC4)C3)OC5)ccc21. The average molecular weight is 545 g/mol. The molecule has 1 aromatic carbocycles. The van der Waals surface area contributed by atoms with E-state index in [-0.39, 0.29) is 11.0 Å². The van der Waals surface area contributed by atoms with Gasteiger partial charge in [0.1, 0.15) is 11.2 Å². The fourth-order valence-electron chi connectivity index (χ4n) is 7.92. The second-order valence-electron chi connectivity index (χ2n) is 12.7. The van der Waals surface area contributed by atoms with Crippen LogP contribution in [0.4, 0.5) is 0 Å². The number of nitriles is 1. The van der Waals surface area contributed by atoms with E-state index >= 15 is 0 Å². The molecule has 9 heteroatoms. The molecule has 0 unspecified atom stereocenters. The number of nitrogens with zero attached hydrogens (tertiary/aromatic N) is 7. The number of benzene rings is 1. The molecule has 1 saturated heterocycles. The number of aromatic nitrogens is 6. The summed E-state index contributed by atoms with van der Waals surface area (Å²) in [5, 5.41) is 21.0. The third-order valence-corrected chi connectivity index (χ3v) is 10.2. The molecule has 1 atom stereocenters. The van der Waals surface area contributed by atoms with Crippen molar-refractivity contribution in [2.45, 2.75) is 57.3 Å². The largest absolute Gasteiger partial charge is 0.364 e. The molecule has 206 valence electrons. The minimum absolute atomic E-state index is 0.184. The van der Waals surface area contributed by atoms with Crippen LogP contribution in [0.1, 0.15) is 48.9 Å². The molecule has 1 spiro atoms. The summed E-state index contributed by atoms with van der Waals surface area (Å²) in [5.41, 5.74) is 10.2. The van der Waals surface area contributed by atoms with Crippen LogP contribution in [-0.4, -0.2) is 54.1 Å². The zero-order chi connectivity index (χ0) is 27.3. The molecule has 1 aliphatic carbocycles. The fourth-order valence-corrected chi connectivity index (χ4v) is 7.92. The number of ether oxygens (including phenoxy) is 1. The van der Waals surface area contributed by atoms with Gasteiger partial charge in [0.2, 0.25) is 0 Å². The molecule has 0 bridgehead atoms. The molecule has 1 N–H and O–H groups in total. The Kier molecular flexibility index (Phi) is 4.78. The molecule has 0 amide bonds. The Morgan fingerprint density at radius 1 is 1.12 bits per heavy atom. The Balaban J connectivity index is 1.24. The highest BCUT2D eigenvalue weighted by Crippen LogP contribution is 2.54. The molecule has 4 aliphatic rings. The van der Waals surface area contributed by atoms with Gasteiger partial charge in [-0.05, 0) is 55.2 Å². The number of likely N-dealkylation sites (tertiary alicyclic amines) is 1. The van der Waals surface area contributed by atoms with E-state index in [9.17, 15) is 5.26 Å². The third-order valence-electron chi connectivity index (χ3n) is 10.2. The first-order chi connectivity index (χ1) is 20.1. The van der Waals surface area contributed by atoms with Gasteiger partial charge in [-0.3, -0.25) is 14.3 Å². The van der Waals surface area contributed by atoms with Gasteiger partial charge in [0.15, 0.2) is 0 Å². The van der Waals surface area contributed by atoms with Gasteiger partial charge in [0, 0.05) is 84.6 Å². The van der Waals surface area contributed by atoms with Crippen molar-refractivity contribution in [1.29, 1.82) is 5.26 Å². The predicted octanol–water partition coefficient (Wildman–Crippen LogP) is 5.05. The van der Waals surface area contributed by atoms with Crippen LogP contribution in [0.2, 0.25) is 0 Å². The summed E-state index contributed by atoms with van der Waals surface area (Å²) in [5.74, 6) is 0. The van der Waals surface area contributed by atoms with Crippen LogP contribution in [0.15, 0.2) is 36.8 Å². The highest BCUT2D eigenvalue weighted by molar-refractivity contribution is 6.06. The summed E-state index contributed by atoms with van der Waals surface area (Å²) in [6.45, 7) is 4.39. The summed E-state index contributed by atoms with van der Waals surface area (Å²) >= 11 is 0. The van der Waals surface area contributed by atoms with Crippen LogP contribution in [0.5, 0.6) is 0 Å². The maximum Gasteiger partial charge on any atom is 0.138 e. The van der Waals surface area contributed by atoms with Crippen LogP contribution < -0.4 is 0 Å². The van der Waals surface area contributed by atoms with E-state index in [2.05, 4.69) is 43.9 Å². The quantitative estimate of drug-likeness (QED) is 0.332. The minimum atomic E-state index is -0.368. The van der Waals surface area contributed by atoms with Crippen LogP contribution in [0, 0.1) is 16.7 Å². The van der Waals surface area contributed by atoms with Gasteiger partial charge in [-0.2, -0.15) is 15.5 Å². The summed E-state index contributed by atoms with van der Waals surface area (Å²) in [6.07, 6.45) is 12.1. The van der Waals surface area contributed by atoms with E-state index in [4.69, 9.17) is 14.8 Å². The smallest absolute Gasteiger partial charge is 0.138 e. The van der Waals surface area contributed by atoms with Crippen LogP contribution in [-0.2, 0) is 37.0 Å². The number of H-pyrrole nitrogens is 1. The Labute approximate surface area is 237 Å². The van der Waals surface area contributed by atoms with E-state index in [1.54, 1.807) is 0 Å². The highest BCUT2D eigenvalue weighted by Gasteiger charge is 2.51. The monoisotopic (exact) mass is 544 g/mol. The zero-order valence-corrected chi connectivity index (χ0v) is 23.3. The summed E-state index contributed by atoms with van der Waals surface area (Å²) in [4.78, 5) is 11.3. The fraction of sp³-hybridized carbons (Fsp3) is 0.438. The van der Waals surface area contributed by atoms with Gasteiger partial charge in [-0.15, -0.1) is 0 Å². The molecule has 2 fully saturated rings. The molecular formula is C32H32N8O. The molecule has 9 nitrogen and oxygen atoms in total. The van der Waals surface area contributed by atoms with Crippen molar-refractivity contribution in [2.24, 2.45) is 12.5 Å². The summed E-state index contributed by atoms with van der Waals surface area (Å²) in [7, 11) is 1.99. The standard InChI is InChI=1S/C32H32N8O/c1-38-24-5-4-20(13-21(24)15-35-38)26-27-28-22(14-34-30(27)37-29(26)23-16-36-40-11-2-3-25(23)40)17-41-32(28)9-12-39(19-32)18-31(6-7-31)8-10-33/h4-5,13-16H,2-3,6-9,11-12,17-19H2,1H3,(H,34,37)/t32-/m1/s1. The van der Waals surface area contributed by atoms with Crippen LogP contribution >= 0.6 is 0 Å². The second-order valence-corrected chi connectivity index (χ2v) is 12.7. The molecule has 9 rings (SSSR count). The van der Waals surface area contributed by atoms with Gasteiger partial charge in [0.25, 0.3) is 0 Å². The van der Waals surface area contributed by atoms with Gasteiger partial charge < -0.3 is 9.72 Å². The lowest BCUT2D eigenvalue weighted by Crippen LogP contribution is -2.34. The predicted molar refractivity (Wildman–Crippen MR) is 155 cm³/mol. The van der Waals surface area contributed by atoms with Crippen molar-refractivity contribution in [2.75, 3.05) is 19.6 Å². The lowest BCUT2D eigenvalue weighted by molar-refractivity contribution is -0.0296. The topological polar surface area (TPSA) is 101 Å². The first-order valence-electron chi connectivity index (χ1n) is 14.8. The number of aryl methyl sites for hydroxylation is 2. The van der Waals surface area contributed by atoms with Gasteiger partial charge in [-0.1, -0.05) is 6.07 Å². The summed E-state index contributed by atoms with van der Waals surface area (Å²) < 4.78 is 10.8. The molecule has 7 heterocycles. The van der Waals surface area contributed by atoms with Crippen molar-refractivity contribution < 1.29 is 4.74 Å². The third kappa shape index (κ3) is 3.38. The molecule has 4 aromatic heterocycles. The second kappa shape index (κ2) is 8.28. The average Bonchev–Trinajstić information content (AvgIpc) is 3.61. The van der Waals surface area contributed by atoms with E-state index in [1.807, 2.05) is 30.3 Å². The minimum Gasteiger partial charge on any atom is -0.364 e. The number of hydrogen-bond acceptors (Lipinski definition) is 6. The zero-order valence-electron chi connectivity index (χ0n) is 23.3. The number of rotatable bonds is 5. The maximum absolute atomic E-state index is 9.40. The molecule has 5 aromatic rings. The normalized spacial score (nSPS) is 22.6. The maximum atomic E-state index is 9.40. The lowest BCUT2D eigenvalue weighted by atomic mass is 9.86. The highest BCUT2D eigenvalue weighted by atomic mass is 16.5. The first-order valence-corrected chi connectivity index (χ1v) is 14.8. The Morgan fingerprint density at radius 2 is 2.05 bits per heavy atom. The molecule has 0 radical (unpaired) electrons. The Hall–Kier alpha value is -4.00. The first kappa shape index (κ1) is 23.7. The number of pyridine rings is 1.